The number of aromatic nitrogens is 1. The molecule has 0 aliphatic carbocycles. The van der Waals surface area contributed by atoms with E-state index in [2.05, 4.69) is 47.5 Å². The Morgan fingerprint density at radius 3 is 2.25 bits per heavy atom. The molecule has 4 rings (SSSR count). The number of halogens is 1. The van der Waals surface area contributed by atoms with Crippen LogP contribution in [0, 0.1) is 3.57 Å². The minimum atomic E-state index is -0.378. The van der Waals surface area contributed by atoms with Crippen molar-refractivity contribution in [3.05, 3.63) is 115 Å². The summed E-state index contributed by atoms with van der Waals surface area (Å²) in [6.45, 7) is 4.18. The fourth-order valence-corrected chi connectivity index (χ4v) is 4.94. The molecule has 0 fully saturated rings. The highest BCUT2D eigenvalue weighted by Crippen LogP contribution is 2.25. The fourth-order valence-electron chi connectivity index (χ4n) is 3.41. The molecule has 0 aliphatic rings. The lowest BCUT2D eigenvalue weighted by atomic mass is 10.0. The van der Waals surface area contributed by atoms with Crippen LogP contribution in [-0.4, -0.2) is 10.5 Å². The maximum absolute atomic E-state index is 13.4. The molecule has 32 heavy (non-hydrogen) atoms. The molecule has 0 unspecified atom stereocenters. The summed E-state index contributed by atoms with van der Waals surface area (Å²) in [5.74, 6) is -0.181. The largest absolute Gasteiger partial charge is 0.279 e. The summed E-state index contributed by atoms with van der Waals surface area (Å²) in [4.78, 5) is 31.9. The van der Waals surface area contributed by atoms with Gasteiger partial charge in [-0.1, -0.05) is 73.7 Å². The molecule has 1 aromatic heterocycles. The highest BCUT2D eigenvalue weighted by atomic mass is 127. The number of benzene rings is 3. The second kappa shape index (κ2) is 9.75. The molecule has 0 N–H and O–H groups in total. The molecule has 3 aromatic carbocycles. The van der Waals surface area contributed by atoms with Gasteiger partial charge in [0.25, 0.3) is 11.5 Å². The van der Waals surface area contributed by atoms with Crippen molar-refractivity contribution in [3.63, 3.8) is 0 Å². The Morgan fingerprint density at radius 1 is 0.938 bits per heavy atom. The smallest absolute Gasteiger partial charge is 0.269 e. The average molecular weight is 552 g/mol. The number of carbonyl (C=O) groups is 1. The van der Waals surface area contributed by atoms with E-state index >= 15 is 0 Å². The van der Waals surface area contributed by atoms with Crippen molar-refractivity contribution in [2.75, 3.05) is 0 Å². The topological polar surface area (TPSA) is 51.4 Å². The van der Waals surface area contributed by atoms with Crippen molar-refractivity contribution in [2.24, 2.45) is 4.99 Å². The molecule has 4 aromatic rings. The van der Waals surface area contributed by atoms with E-state index < -0.39 is 0 Å². The Kier molecular flexibility index (Phi) is 6.81. The minimum absolute atomic E-state index is 0.197. The summed E-state index contributed by atoms with van der Waals surface area (Å²) in [6.07, 6.45) is 0. The number of amides is 1. The van der Waals surface area contributed by atoms with E-state index in [9.17, 15) is 9.59 Å². The van der Waals surface area contributed by atoms with Gasteiger partial charge in [-0.25, -0.2) is 0 Å². The van der Waals surface area contributed by atoms with Gasteiger partial charge in [-0.3, -0.25) is 14.2 Å². The SMILES string of the molecule is CC(C)c1cc(I)ccc1-n1c(=O)cc(-c2ccccc2)sc1=NC(=O)c1ccccc1. The summed E-state index contributed by atoms with van der Waals surface area (Å²) >= 11 is 3.60. The quantitative estimate of drug-likeness (QED) is 0.290. The maximum Gasteiger partial charge on any atom is 0.279 e. The molecule has 0 radical (unpaired) electrons. The van der Waals surface area contributed by atoms with Crippen molar-refractivity contribution >= 4 is 39.8 Å². The Balaban J connectivity index is 2.01. The third-order valence-corrected chi connectivity index (χ3v) is 6.70. The van der Waals surface area contributed by atoms with E-state index in [1.807, 2.05) is 48.5 Å². The molecule has 6 heteroatoms. The van der Waals surface area contributed by atoms with Crippen molar-refractivity contribution < 1.29 is 4.79 Å². The van der Waals surface area contributed by atoms with E-state index in [0.29, 0.717) is 10.4 Å². The van der Waals surface area contributed by atoms with Crippen LogP contribution in [0.4, 0.5) is 0 Å². The van der Waals surface area contributed by atoms with Crippen LogP contribution in [0.5, 0.6) is 0 Å². The minimum Gasteiger partial charge on any atom is -0.269 e. The summed E-state index contributed by atoms with van der Waals surface area (Å²) < 4.78 is 2.65. The summed E-state index contributed by atoms with van der Waals surface area (Å²) in [7, 11) is 0. The van der Waals surface area contributed by atoms with Crippen LogP contribution in [0.25, 0.3) is 16.1 Å². The lowest BCUT2D eigenvalue weighted by Crippen LogP contribution is -2.31. The van der Waals surface area contributed by atoms with Crippen LogP contribution in [-0.2, 0) is 0 Å². The molecule has 0 bridgehead atoms. The van der Waals surface area contributed by atoms with Gasteiger partial charge in [0.2, 0.25) is 4.80 Å². The molecule has 1 heterocycles. The van der Waals surface area contributed by atoms with Crippen molar-refractivity contribution in [3.8, 4) is 16.1 Å². The van der Waals surface area contributed by atoms with Crippen LogP contribution < -0.4 is 10.4 Å². The van der Waals surface area contributed by atoms with Crippen molar-refractivity contribution in [1.29, 1.82) is 0 Å². The first kappa shape index (κ1) is 22.4. The van der Waals surface area contributed by atoms with Crippen LogP contribution in [0.15, 0.2) is 94.7 Å². The van der Waals surface area contributed by atoms with E-state index in [1.54, 1.807) is 34.9 Å². The summed E-state index contributed by atoms with van der Waals surface area (Å²) in [5.41, 5.74) is 2.96. The molecule has 0 aliphatic heterocycles. The van der Waals surface area contributed by atoms with Gasteiger partial charge in [-0.05, 0) is 70.0 Å². The third-order valence-electron chi connectivity index (χ3n) is 5.00. The Hall–Kier alpha value is -2.84. The number of rotatable bonds is 4. The lowest BCUT2D eigenvalue weighted by molar-refractivity contribution is 0.0998. The van der Waals surface area contributed by atoms with Crippen LogP contribution >= 0.6 is 33.9 Å². The molecular weight excluding hydrogens is 531 g/mol. The fraction of sp³-hybridized carbons (Fsp3) is 0.115. The highest BCUT2D eigenvalue weighted by molar-refractivity contribution is 14.1. The Morgan fingerprint density at radius 2 is 1.59 bits per heavy atom. The second-order valence-corrected chi connectivity index (χ2v) is 9.83. The monoisotopic (exact) mass is 552 g/mol. The normalized spacial score (nSPS) is 11.7. The van der Waals surface area contributed by atoms with Gasteiger partial charge in [0.1, 0.15) is 0 Å². The number of hydrogen-bond acceptors (Lipinski definition) is 3. The van der Waals surface area contributed by atoms with Gasteiger partial charge in [0, 0.05) is 20.1 Å². The van der Waals surface area contributed by atoms with Gasteiger partial charge >= 0.3 is 0 Å². The Labute approximate surface area is 204 Å². The summed E-state index contributed by atoms with van der Waals surface area (Å²) in [5, 5.41) is 0. The molecule has 4 nitrogen and oxygen atoms in total. The molecule has 160 valence electrons. The van der Waals surface area contributed by atoms with E-state index in [-0.39, 0.29) is 17.4 Å². The van der Waals surface area contributed by atoms with Gasteiger partial charge < -0.3 is 0 Å². The van der Waals surface area contributed by atoms with Gasteiger partial charge in [0.15, 0.2) is 0 Å². The first-order chi connectivity index (χ1) is 15.4. The zero-order valence-electron chi connectivity index (χ0n) is 17.7. The second-order valence-electron chi connectivity index (χ2n) is 7.57. The maximum atomic E-state index is 13.4. The molecule has 0 spiro atoms. The highest BCUT2D eigenvalue weighted by Gasteiger charge is 2.15. The molecule has 0 atom stereocenters. The summed E-state index contributed by atoms with van der Waals surface area (Å²) in [6, 6.07) is 26.2. The zero-order valence-corrected chi connectivity index (χ0v) is 20.6. The predicted molar refractivity (Wildman–Crippen MR) is 138 cm³/mol. The van der Waals surface area contributed by atoms with Crippen molar-refractivity contribution in [1.82, 2.24) is 4.57 Å². The van der Waals surface area contributed by atoms with Gasteiger partial charge in [-0.15, -0.1) is 0 Å². The lowest BCUT2D eigenvalue weighted by Gasteiger charge is -2.16. The van der Waals surface area contributed by atoms with Crippen molar-refractivity contribution in [2.45, 2.75) is 19.8 Å². The standard InChI is InChI=1S/C26H21IN2O2S/c1-17(2)21-15-20(27)13-14-22(21)29-24(30)16-23(18-9-5-3-6-10-18)32-26(29)28-25(31)19-11-7-4-8-12-19/h3-17H,1-2H3. The molecule has 0 saturated heterocycles. The van der Waals surface area contributed by atoms with Crippen LogP contribution in [0.3, 0.4) is 0 Å². The first-order valence-corrected chi connectivity index (χ1v) is 12.1. The first-order valence-electron chi connectivity index (χ1n) is 10.2. The zero-order chi connectivity index (χ0) is 22.7. The van der Waals surface area contributed by atoms with Crippen LogP contribution in [0.2, 0.25) is 0 Å². The third kappa shape index (κ3) is 4.81. The van der Waals surface area contributed by atoms with Crippen LogP contribution in [0.1, 0.15) is 35.7 Å². The van der Waals surface area contributed by atoms with Gasteiger partial charge in [-0.2, -0.15) is 4.99 Å². The predicted octanol–water partition coefficient (Wildman–Crippen LogP) is 6.04. The van der Waals surface area contributed by atoms with E-state index in [1.165, 1.54) is 11.3 Å². The average Bonchev–Trinajstić information content (AvgIpc) is 2.80. The molecule has 0 saturated carbocycles. The van der Waals surface area contributed by atoms with Gasteiger partial charge in [0.05, 0.1) is 5.69 Å². The Bertz CT molecular complexity index is 1390. The number of hydrogen-bond donors (Lipinski definition) is 0. The molecule has 1 amide bonds. The number of nitrogens with zero attached hydrogens (tertiary/aromatic N) is 2. The molecular formula is C26H21IN2O2S. The van der Waals surface area contributed by atoms with E-state index in [0.717, 1.165) is 25.3 Å². The number of carbonyl (C=O) groups excluding carboxylic acids is 1. The van der Waals surface area contributed by atoms with E-state index in [4.69, 9.17) is 0 Å².